The standard InChI is InChI=1S/C48H86O2Si2/c49-45-44-48-46(50)43-47(45)51-37-31-25-19-13-7-1-2-8-14-20-26-32-38-52(48,41-35-29-23-17-11-5-3-9-15-21-27-33-39-51)42-36-30-24-18-12-6-4-10-16-22-28-34-40-51/h43-44H,1-42H2. The molecule has 0 aromatic heterocycles. The van der Waals surface area contributed by atoms with Crippen molar-refractivity contribution in [3.05, 3.63) is 22.5 Å². The second-order valence-corrected chi connectivity index (χ2v) is 27.8. The lowest BCUT2D eigenvalue weighted by Gasteiger charge is -2.38. The van der Waals surface area contributed by atoms with E-state index in [9.17, 15) is 9.59 Å². The van der Waals surface area contributed by atoms with Crippen LogP contribution in [0.25, 0.3) is 0 Å². The van der Waals surface area contributed by atoms with Crippen molar-refractivity contribution >= 4 is 27.7 Å². The van der Waals surface area contributed by atoms with Gasteiger partial charge in [-0.25, -0.2) is 0 Å². The highest BCUT2D eigenvalue weighted by Gasteiger charge is 2.45. The largest absolute Gasteiger partial charge is 0.290 e. The number of fused-ring (bicyclic) bond motifs is 39. The molecule has 0 saturated carbocycles. The molecular weight excluding hydrogens is 665 g/mol. The van der Waals surface area contributed by atoms with Crippen LogP contribution in [-0.4, -0.2) is 27.7 Å². The van der Waals surface area contributed by atoms with Crippen molar-refractivity contribution in [1.29, 1.82) is 0 Å². The third kappa shape index (κ3) is 16.2. The Kier molecular flexibility index (Phi) is 22.8. The Balaban J connectivity index is 1.72. The van der Waals surface area contributed by atoms with Gasteiger partial charge in [-0.2, -0.15) is 0 Å². The minimum Gasteiger partial charge on any atom is -0.290 e. The van der Waals surface area contributed by atoms with Crippen LogP contribution in [0.4, 0.5) is 0 Å². The first-order chi connectivity index (χ1) is 25.7. The predicted octanol–water partition coefficient (Wildman–Crippen LogP) is 16.1. The minimum atomic E-state index is -2.12. The van der Waals surface area contributed by atoms with Crippen molar-refractivity contribution in [2.24, 2.45) is 0 Å². The average molecular weight is 751 g/mol. The molecule has 6 heterocycles. The topological polar surface area (TPSA) is 34.1 Å². The van der Waals surface area contributed by atoms with Crippen LogP contribution < -0.4 is 0 Å². The monoisotopic (exact) mass is 751 g/mol. The summed E-state index contributed by atoms with van der Waals surface area (Å²) in [7, 11) is -4.24. The highest BCUT2D eigenvalue weighted by molar-refractivity contribution is 6.94. The molecule has 7 rings (SSSR count). The highest BCUT2D eigenvalue weighted by Crippen LogP contribution is 2.42. The molecule has 7 aliphatic rings. The van der Waals surface area contributed by atoms with Crippen LogP contribution in [-0.2, 0) is 9.59 Å². The Hall–Kier alpha value is -0.746. The van der Waals surface area contributed by atoms with Crippen molar-refractivity contribution in [3.63, 3.8) is 0 Å². The van der Waals surface area contributed by atoms with E-state index in [4.69, 9.17) is 0 Å². The first kappa shape index (κ1) is 44.0. The van der Waals surface area contributed by atoms with Gasteiger partial charge >= 0.3 is 0 Å². The summed E-state index contributed by atoms with van der Waals surface area (Å²) < 4.78 is 0. The molecule has 0 radical (unpaired) electrons. The quantitative estimate of drug-likeness (QED) is 0.182. The molecule has 4 heteroatoms. The Morgan fingerprint density at radius 2 is 0.365 bits per heavy atom. The van der Waals surface area contributed by atoms with Gasteiger partial charge in [-0.15, -0.1) is 0 Å². The Bertz CT molecular complexity index is 879. The summed E-state index contributed by atoms with van der Waals surface area (Å²) in [6, 6.07) is 7.52. The molecule has 1 aliphatic carbocycles. The molecule has 0 atom stereocenters. The number of allylic oxidation sites excluding steroid dienone is 4. The SMILES string of the molecule is O=C1C=C2C(=O)C=C1[Si]13CCCCCCCCCCCCCC[Si]2(CCCCCCCCCCCCCC1)CCCCCCCCCCCCCC3. The van der Waals surface area contributed by atoms with Crippen LogP contribution >= 0.6 is 0 Å². The number of rotatable bonds is 0. The molecule has 298 valence electrons. The van der Waals surface area contributed by atoms with E-state index >= 15 is 0 Å². The summed E-state index contributed by atoms with van der Waals surface area (Å²) >= 11 is 0. The molecule has 4 bridgehead atoms. The highest BCUT2D eigenvalue weighted by atomic mass is 28.3. The fraction of sp³-hybridized carbons (Fsp3) is 0.875. The number of hydrogen-bond donors (Lipinski definition) is 0. The molecule has 52 heavy (non-hydrogen) atoms. The maximum atomic E-state index is 14.9. The van der Waals surface area contributed by atoms with Crippen LogP contribution in [0.5, 0.6) is 0 Å². The zero-order valence-electron chi connectivity index (χ0n) is 34.7. The van der Waals surface area contributed by atoms with E-state index in [-0.39, 0.29) is 0 Å². The van der Waals surface area contributed by atoms with Gasteiger partial charge < -0.3 is 0 Å². The third-order valence-corrected chi connectivity index (χ3v) is 25.3. The Labute approximate surface area is 326 Å². The summed E-state index contributed by atoms with van der Waals surface area (Å²) in [5.74, 6) is 0.660. The molecule has 0 unspecified atom stereocenters. The van der Waals surface area contributed by atoms with Crippen molar-refractivity contribution in [3.8, 4) is 0 Å². The van der Waals surface area contributed by atoms with E-state index in [2.05, 4.69) is 12.2 Å². The number of carbonyl (C=O) groups is 2. The fourth-order valence-corrected chi connectivity index (χ4v) is 21.8. The lowest BCUT2D eigenvalue weighted by molar-refractivity contribution is -0.114. The maximum Gasteiger partial charge on any atom is 0.178 e. The van der Waals surface area contributed by atoms with Crippen LogP contribution in [0.2, 0.25) is 36.3 Å². The van der Waals surface area contributed by atoms with Gasteiger partial charge in [-0.1, -0.05) is 267 Å². The third-order valence-electron chi connectivity index (χ3n) is 14.4. The summed E-state index contributed by atoms with van der Waals surface area (Å²) in [6.45, 7) is 0. The van der Waals surface area contributed by atoms with E-state index in [0.717, 1.165) is 10.4 Å². The molecule has 0 aromatic rings. The zero-order chi connectivity index (χ0) is 36.4. The van der Waals surface area contributed by atoms with Gasteiger partial charge in [0.2, 0.25) is 0 Å². The van der Waals surface area contributed by atoms with Crippen LogP contribution in [0, 0.1) is 0 Å². The summed E-state index contributed by atoms with van der Waals surface area (Å²) in [5.41, 5.74) is 0. The van der Waals surface area contributed by atoms with Gasteiger partial charge in [0.15, 0.2) is 11.6 Å². The fourth-order valence-electron chi connectivity index (χ4n) is 11.0. The van der Waals surface area contributed by atoms with E-state index in [1.54, 1.807) is 0 Å². The molecule has 2 nitrogen and oxygen atoms in total. The van der Waals surface area contributed by atoms with Gasteiger partial charge in [0.05, 0.1) is 16.1 Å². The van der Waals surface area contributed by atoms with Crippen LogP contribution in [0.3, 0.4) is 0 Å². The predicted molar refractivity (Wildman–Crippen MR) is 233 cm³/mol. The van der Waals surface area contributed by atoms with Crippen molar-refractivity contribution in [2.75, 3.05) is 0 Å². The second kappa shape index (κ2) is 27.0. The average Bonchev–Trinajstić information content (AvgIpc) is 3.14. The second-order valence-electron chi connectivity index (χ2n) is 18.6. The van der Waals surface area contributed by atoms with Crippen LogP contribution in [0.15, 0.2) is 22.5 Å². The summed E-state index contributed by atoms with van der Waals surface area (Å²) in [6.07, 6.45) is 53.2. The molecule has 0 fully saturated rings. The van der Waals surface area contributed by atoms with Crippen molar-refractivity contribution in [1.82, 2.24) is 0 Å². The van der Waals surface area contributed by atoms with Crippen LogP contribution in [0.1, 0.15) is 231 Å². The van der Waals surface area contributed by atoms with E-state index in [1.807, 2.05) is 0 Å². The van der Waals surface area contributed by atoms with Gasteiger partial charge in [0, 0.05) is 0 Å². The van der Waals surface area contributed by atoms with Gasteiger partial charge in [-0.3, -0.25) is 9.59 Å². The normalized spacial score (nSPS) is 30.2. The van der Waals surface area contributed by atoms with Gasteiger partial charge in [-0.05, 0) is 22.5 Å². The number of hydrogen-bond acceptors (Lipinski definition) is 2. The summed E-state index contributed by atoms with van der Waals surface area (Å²) in [5, 5.41) is 2.20. The van der Waals surface area contributed by atoms with E-state index in [0.29, 0.717) is 11.6 Å². The Morgan fingerprint density at radius 1 is 0.231 bits per heavy atom. The maximum absolute atomic E-state index is 14.9. The molecule has 0 spiro atoms. The smallest absolute Gasteiger partial charge is 0.178 e. The molecule has 0 aromatic carbocycles. The lowest BCUT2D eigenvalue weighted by atomic mass is 10.1. The van der Waals surface area contributed by atoms with E-state index in [1.165, 1.54) is 267 Å². The Morgan fingerprint density at radius 3 is 0.519 bits per heavy atom. The minimum absolute atomic E-state index is 0.330. The molecule has 0 N–H and O–H groups in total. The van der Waals surface area contributed by atoms with E-state index < -0.39 is 16.1 Å². The first-order valence-electron chi connectivity index (χ1n) is 24.2. The lowest BCUT2D eigenvalue weighted by Crippen LogP contribution is -2.46. The summed E-state index contributed by atoms with van der Waals surface area (Å²) in [4.78, 5) is 29.8. The molecule has 0 amide bonds. The first-order valence-corrected chi connectivity index (χ1v) is 29.4. The number of carbonyl (C=O) groups excluding carboxylic acids is 2. The molecular formula is C48H86O2Si2. The molecule has 0 saturated heterocycles. The van der Waals surface area contributed by atoms with Gasteiger partial charge in [0.1, 0.15) is 0 Å². The van der Waals surface area contributed by atoms with Crippen molar-refractivity contribution in [2.45, 2.75) is 267 Å². The van der Waals surface area contributed by atoms with Gasteiger partial charge in [0.25, 0.3) is 0 Å². The molecule has 6 aliphatic heterocycles. The number of ketones is 2. The zero-order valence-corrected chi connectivity index (χ0v) is 36.7. The van der Waals surface area contributed by atoms with Crippen molar-refractivity contribution < 1.29 is 9.59 Å².